The van der Waals surface area contributed by atoms with E-state index in [0.717, 1.165) is 30.7 Å². The first-order valence-corrected chi connectivity index (χ1v) is 9.31. The van der Waals surface area contributed by atoms with Gasteiger partial charge >= 0.3 is 0 Å². The van der Waals surface area contributed by atoms with Gasteiger partial charge in [-0.15, -0.1) is 0 Å². The van der Waals surface area contributed by atoms with Crippen molar-refractivity contribution in [2.45, 2.75) is 58.8 Å². The van der Waals surface area contributed by atoms with Crippen molar-refractivity contribution in [3.63, 3.8) is 0 Å². The molecule has 2 nitrogen and oxygen atoms in total. The van der Waals surface area contributed by atoms with E-state index < -0.39 is 0 Å². The molecule has 3 aliphatic carbocycles. The Morgan fingerprint density at radius 1 is 1.23 bits per heavy atom. The number of rotatable bonds is 5. The zero-order valence-corrected chi connectivity index (χ0v) is 14.6. The monoisotopic (exact) mass is 303 g/mol. The molecule has 0 aliphatic heterocycles. The number of fused-ring (bicyclic) bond motifs is 3. The first-order valence-electron chi connectivity index (χ1n) is 9.31. The lowest BCUT2D eigenvalue weighted by molar-refractivity contribution is -0.116. The molecule has 0 amide bonds. The number of aldehydes is 1. The Kier molecular flexibility index (Phi) is 4.51. The van der Waals surface area contributed by atoms with Crippen LogP contribution in [0.15, 0.2) is 12.2 Å². The first-order chi connectivity index (χ1) is 10.5. The molecular formula is C20H33NO. The van der Waals surface area contributed by atoms with Crippen LogP contribution >= 0.6 is 0 Å². The van der Waals surface area contributed by atoms with Gasteiger partial charge in [0.1, 0.15) is 6.29 Å². The number of allylic oxidation sites excluding steroid dienone is 2. The summed E-state index contributed by atoms with van der Waals surface area (Å²) in [4.78, 5) is 11.2. The van der Waals surface area contributed by atoms with E-state index in [0.29, 0.717) is 16.7 Å². The van der Waals surface area contributed by atoms with Crippen molar-refractivity contribution in [3.05, 3.63) is 12.2 Å². The fraction of sp³-hybridized carbons (Fsp3) is 0.850. The summed E-state index contributed by atoms with van der Waals surface area (Å²) >= 11 is 0. The van der Waals surface area contributed by atoms with Crippen LogP contribution in [0.3, 0.4) is 0 Å². The molecule has 0 heterocycles. The Morgan fingerprint density at radius 2 is 2.05 bits per heavy atom. The molecule has 0 aromatic rings. The Labute approximate surface area is 136 Å². The van der Waals surface area contributed by atoms with E-state index in [1.165, 1.54) is 44.8 Å². The maximum atomic E-state index is 11.2. The van der Waals surface area contributed by atoms with Gasteiger partial charge in [0, 0.05) is 6.42 Å². The van der Waals surface area contributed by atoms with Gasteiger partial charge in [0.05, 0.1) is 0 Å². The molecule has 0 spiro atoms. The van der Waals surface area contributed by atoms with Gasteiger partial charge in [0.25, 0.3) is 0 Å². The maximum absolute atomic E-state index is 11.2. The molecule has 2 fully saturated rings. The van der Waals surface area contributed by atoms with E-state index in [2.05, 4.69) is 38.4 Å². The summed E-state index contributed by atoms with van der Waals surface area (Å²) in [6.07, 6.45) is 14.7. The summed E-state index contributed by atoms with van der Waals surface area (Å²) < 4.78 is 0. The third kappa shape index (κ3) is 2.48. The molecule has 0 aromatic heterocycles. The minimum absolute atomic E-state index is 0.344. The van der Waals surface area contributed by atoms with Crippen molar-refractivity contribution in [1.82, 2.24) is 5.32 Å². The molecule has 0 radical (unpaired) electrons. The van der Waals surface area contributed by atoms with Gasteiger partial charge in [-0.2, -0.15) is 0 Å². The standard InChI is InChI=1S/C20H33NO/c1-19-10-4-5-17(19)16-7-6-15(9-14-22)20(2,12-13-21-3)18(16)8-11-19/h4,10,14-18,21H,5-9,11-13H2,1-3H3/t15?,16?,17?,18-,19?,20?/m0/s1. The van der Waals surface area contributed by atoms with Gasteiger partial charge < -0.3 is 10.1 Å². The van der Waals surface area contributed by atoms with Crippen LogP contribution in [0.5, 0.6) is 0 Å². The second kappa shape index (κ2) is 6.11. The van der Waals surface area contributed by atoms with Crippen LogP contribution in [-0.4, -0.2) is 19.9 Å². The van der Waals surface area contributed by atoms with Crippen LogP contribution in [0.1, 0.15) is 58.8 Å². The zero-order valence-electron chi connectivity index (χ0n) is 14.6. The highest BCUT2D eigenvalue weighted by molar-refractivity contribution is 5.50. The second-order valence-corrected chi connectivity index (χ2v) is 8.60. The lowest BCUT2D eigenvalue weighted by Gasteiger charge is -2.58. The van der Waals surface area contributed by atoms with Crippen molar-refractivity contribution in [1.29, 1.82) is 0 Å². The van der Waals surface area contributed by atoms with E-state index in [-0.39, 0.29) is 0 Å². The third-order valence-corrected chi connectivity index (χ3v) is 7.69. The first kappa shape index (κ1) is 16.2. The van der Waals surface area contributed by atoms with Crippen LogP contribution in [0.2, 0.25) is 0 Å². The Balaban J connectivity index is 1.86. The average molecular weight is 303 g/mol. The number of nitrogens with one attached hydrogen (secondary N) is 1. The summed E-state index contributed by atoms with van der Waals surface area (Å²) in [7, 11) is 2.05. The van der Waals surface area contributed by atoms with Crippen LogP contribution < -0.4 is 5.32 Å². The highest BCUT2D eigenvalue weighted by Gasteiger charge is 2.55. The minimum Gasteiger partial charge on any atom is -0.320 e. The normalized spacial score (nSPS) is 47.0. The summed E-state index contributed by atoms with van der Waals surface area (Å²) in [6.45, 7) is 6.06. The van der Waals surface area contributed by atoms with Crippen molar-refractivity contribution < 1.29 is 4.79 Å². The average Bonchev–Trinajstić information content (AvgIpc) is 2.90. The van der Waals surface area contributed by atoms with Crippen LogP contribution in [0.25, 0.3) is 0 Å². The van der Waals surface area contributed by atoms with Gasteiger partial charge in [-0.05, 0) is 86.6 Å². The molecule has 3 aliphatic rings. The van der Waals surface area contributed by atoms with Crippen LogP contribution in [-0.2, 0) is 4.79 Å². The summed E-state index contributed by atoms with van der Waals surface area (Å²) in [6, 6.07) is 0. The van der Waals surface area contributed by atoms with Crippen molar-refractivity contribution in [2.24, 2.45) is 34.5 Å². The highest BCUT2D eigenvalue weighted by atomic mass is 16.1. The SMILES string of the molecule is CNCCC1(C)C(CC=O)CCC2C3CC=CC3(C)CC[C@@H]21. The van der Waals surface area contributed by atoms with Gasteiger partial charge in [-0.25, -0.2) is 0 Å². The third-order valence-electron chi connectivity index (χ3n) is 7.69. The fourth-order valence-electron chi connectivity index (χ4n) is 6.30. The van der Waals surface area contributed by atoms with Crippen LogP contribution in [0, 0.1) is 34.5 Å². The smallest absolute Gasteiger partial charge is 0.120 e. The molecule has 1 N–H and O–H groups in total. The van der Waals surface area contributed by atoms with E-state index in [9.17, 15) is 4.79 Å². The van der Waals surface area contributed by atoms with Crippen molar-refractivity contribution >= 4 is 6.29 Å². The van der Waals surface area contributed by atoms with E-state index in [1.807, 2.05) is 0 Å². The largest absolute Gasteiger partial charge is 0.320 e. The number of carbonyl (C=O) groups excluding carboxylic acids is 1. The van der Waals surface area contributed by atoms with Gasteiger partial charge in [-0.3, -0.25) is 0 Å². The molecule has 0 bridgehead atoms. The molecule has 6 atom stereocenters. The molecule has 124 valence electrons. The highest BCUT2D eigenvalue weighted by Crippen LogP contribution is 2.63. The molecule has 22 heavy (non-hydrogen) atoms. The topological polar surface area (TPSA) is 29.1 Å². The molecule has 2 saturated carbocycles. The summed E-state index contributed by atoms with van der Waals surface area (Å²) in [5.41, 5.74) is 0.805. The number of hydrogen-bond acceptors (Lipinski definition) is 2. The maximum Gasteiger partial charge on any atom is 0.120 e. The molecular weight excluding hydrogens is 270 g/mol. The minimum atomic E-state index is 0.344. The lowest BCUT2D eigenvalue weighted by atomic mass is 9.47. The van der Waals surface area contributed by atoms with E-state index >= 15 is 0 Å². The predicted octanol–water partition coefficient (Wildman–Crippen LogP) is 4.21. The molecule has 0 saturated heterocycles. The van der Waals surface area contributed by atoms with Gasteiger partial charge in [-0.1, -0.05) is 26.0 Å². The summed E-state index contributed by atoms with van der Waals surface area (Å²) in [5.74, 6) is 3.15. The van der Waals surface area contributed by atoms with Gasteiger partial charge in [0.2, 0.25) is 0 Å². The zero-order chi connectivity index (χ0) is 15.8. The summed E-state index contributed by atoms with van der Waals surface area (Å²) in [5, 5.41) is 3.35. The molecule has 5 unspecified atom stereocenters. The molecule has 2 heteroatoms. The van der Waals surface area contributed by atoms with Crippen molar-refractivity contribution in [3.8, 4) is 0 Å². The quantitative estimate of drug-likeness (QED) is 0.609. The van der Waals surface area contributed by atoms with Gasteiger partial charge in [0.15, 0.2) is 0 Å². The Hall–Kier alpha value is -0.630. The molecule has 3 rings (SSSR count). The fourth-order valence-corrected chi connectivity index (χ4v) is 6.30. The van der Waals surface area contributed by atoms with Crippen molar-refractivity contribution in [2.75, 3.05) is 13.6 Å². The molecule has 0 aromatic carbocycles. The van der Waals surface area contributed by atoms with Crippen LogP contribution in [0.4, 0.5) is 0 Å². The predicted molar refractivity (Wildman–Crippen MR) is 91.6 cm³/mol. The lowest BCUT2D eigenvalue weighted by Crippen LogP contribution is -2.51. The number of hydrogen-bond donors (Lipinski definition) is 1. The Bertz CT molecular complexity index is 445. The number of carbonyl (C=O) groups is 1. The van der Waals surface area contributed by atoms with E-state index in [1.54, 1.807) is 0 Å². The second-order valence-electron chi connectivity index (χ2n) is 8.60. The van der Waals surface area contributed by atoms with E-state index in [4.69, 9.17) is 0 Å². The Morgan fingerprint density at radius 3 is 2.77 bits per heavy atom.